The van der Waals surface area contributed by atoms with Crippen LogP contribution in [0.3, 0.4) is 0 Å². The summed E-state index contributed by atoms with van der Waals surface area (Å²) in [6.07, 6.45) is 18.6. The first-order valence-electron chi connectivity index (χ1n) is 13.6. The van der Waals surface area contributed by atoms with Crippen LogP contribution in [-0.4, -0.2) is 73.4 Å². The first-order valence-corrected chi connectivity index (χ1v) is 15.3. The van der Waals surface area contributed by atoms with Crippen LogP contribution < -0.4 is 0 Å². The summed E-state index contributed by atoms with van der Waals surface area (Å²) in [4.78, 5) is 14.6. The molecule has 3 unspecified atom stereocenters. The molecule has 1 N–H and O–H groups in total. The van der Waals surface area contributed by atoms with E-state index in [1.807, 2.05) is 21.1 Å². The van der Waals surface area contributed by atoms with Crippen molar-refractivity contribution in [3.63, 3.8) is 0 Å². The number of likely N-dealkylation sites (N-methyl/N-ethyl adjacent to an activating group) is 1. The zero-order valence-electron chi connectivity index (χ0n) is 22.4. The largest absolute Gasteiger partial charge is 0.378 e. The third-order valence-corrected chi connectivity index (χ3v) is 9.80. The smallest absolute Gasteiger partial charge is 0.257 e. The predicted octanol–water partition coefficient (Wildman–Crippen LogP) is 6.37. The van der Waals surface area contributed by atoms with Crippen LogP contribution in [0, 0.1) is 0 Å². The molecule has 1 amide bonds. The maximum absolute atomic E-state index is 13.6. The Balaban J connectivity index is 2.27. The molecule has 0 radical (unpaired) electrons. The van der Waals surface area contributed by atoms with E-state index in [1.54, 1.807) is 4.90 Å². The molecule has 1 fully saturated rings. The molecule has 1 rings (SSSR count). The van der Waals surface area contributed by atoms with E-state index in [2.05, 4.69) is 6.92 Å². The lowest BCUT2D eigenvalue weighted by Crippen LogP contribution is -2.44. The lowest BCUT2D eigenvalue weighted by Gasteiger charge is -2.36. The summed E-state index contributed by atoms with van der Waals surface area (Å²) < 4.78 is 19.5. The van der Waals surface area contributed by atoms with E-state index in [9.17, 15) is 14.5 Å². The number of aliphatic hydroxyl groups excluding tert-OH is 1. The van der Waals surface area contributed by atoms with Gasteiger partial charge in [-0.25, -0.2) is 0 Å². The molecule has 0 aliphatic carbocycles. The van der Waals surface area contributed by atoms with Gasteiger partial charge in [-0.15, -0.1) is 0 Å². The zero-order chi connectivity index (χ0) is 24.7. The number of nitrogens with zero attached hydrogens (tertiary/aromatic N) is 2. The van der Waals surface area contributed by atoms with Gasteiger partial charge in [-0.2, -0.15) is 0 Å². The molecule has 0 aromatic heterocycles. The molecule has 1 saturated heterocycles. The van der Waals surface area contributed by atoms with Crippen molar-refractivity contribution in [2.45, 2.75) is 121 Å². The van der Waals surface area contributed by atoms with E-state index in [0.29, 0.717) is 30.4 Å². The van der Waals surface area contributed by atoms with E-state index in [-0.39, 0.29) is 5.91 Å². The second kappa shape index (κ2) is 16.3. The average molecular weight is 490 g/mol. The summed E-state index contributed by atoms with van der Waals surface area (Å²) in [6, 6.07) is 0. The second-order valence-corrected chi connectivity index (χ2v) is 13.8. The van der Waals surface area contributed by atoms with Gasteiger partial charge in [0.05, 0.1) is 21.1 Å². The number of hydrogen-bond acceptors (Lipinski definition) is 4. The number of unbranched alkanes of at least 4 members (excludes halogenated alkanes) is 12. The highest BCUT2D eigenvalue weighted by Crippen LogP contribution is 2.59. The minimum atomic E-state index is -3.37. The molecular weight excluding hydrogens is 435 g/mol. The topological polar surface area (TPSA) is 66.8 Å². The molecule has 3 atom stereocenters. The lowest BCUT2D eigenvalue weighted by molar-refractivity contribution is -0.872. The summed E-state index contributed by atoms with van der Waals surface area (Å²) >= 11 is 0. The molecule has 1 aliphatic rings. The van der Waals surface area contributed by atoms with Gasteiger partial charge in [0.2, 0.25) is 5.91 Å². The van der Waals surface area contributed by atoms with Crippen LogP contribution in [0.2, 0.25) is 0 Å². The van der Waals surface area contributed by atoms with Crippen LogP contribution in [0.5, 0.6) is 0 Å². The quantitative estimate of drug-likeness (QED) is 0.130. The Morgan fingerprint density at radius 2 is 1.45 bits per heavy atom. The van der Waals surface area contributed by atoms with Gasteiger partial charge in [-0.05, 0) is 19.3 Å². The molecule has 0 aromatic carbocycles. The highest BCUT2D eigenvalue weighted by molar-refractivity contribution is 7.60. The van der Waals surface area contributed by atoms with Crippen molar-refractivity contribution in [2.24, 2.45) is 0 Å². The normalized spacial score (nSPS) is 19.6. The number of hydrogen-bond donors (Lipinski definition) is 1. The second-order valence-electron chi connectivity index (χ2n) is 11.0. The third kappa shape index (κ3) is 11.7. The highest BCUT2D eigenvalue weighted by atomic mass is 31.2. The van der Waals surface area contributed by atoms with Gasteiger partial charge >= 0.3 is 0 Å². The van der Waals surface area contributed by atoms with Crippen molar-refractivity contribution in [3.8, 4) is 0 Å². The predicted molar refractivity (Wildman–Crippen MR) is 139 cm³/mol. The van der Waals surface area contributed by atoms with Crippen molar-refractivity contribution in [2.75, 3.05) is 41.3 Å². The molecular formula is C26H54N2O4P+. The van der Waals surface area contributed by atoms with Gasteiger partial charge in [0.1, 0.15) is 12.3 Å². The number of carbonyl (C=O) groups excluding carboxylic acids is 1. The standard InChI is InChI=1S/C26H54N2O4P/c1-6-7-8-9-10-11-12-13-14-15-16-17-18-20-24(29)27-22-19-21-25(27)33(31,32-5)26(30)23-28(2,3)4/h25-26,30H,6-23H2,1-5H3/q+1. The number of aliphatic hydroxyl groups is 1. The summed E-state index contributed by atoms with van der Waals surface area (Å²) in [7, 11) is 3.90. The van der Waals surface area contributed by atoms with E-state index in [1.165, 1.54) is 77.7 Å². The maximum atomic E-state index is 13.6. The number of carbonyl (C=O) groups is 1. The molecule has 0 bridgehead atoms. The number of rotatable bonds is 19. The van der Waals surface area contributed by atoms with Crippen LogP contribution in [0.15, 0.2) is 0 Å². The molecule has 0 saturated carbocycles. The van der Waals surface area contributed by atoms with Gasteiger partial charge in [-0.3, -0.25) is 9.36 Å². The van der Waals surface area contributed by atoms with Crippen LogP contribution in [0.25, 0.3) is 0 Å². The SMILES string of the molecule is CCCCCCCCCCCCCCCC(=O)N1CCCC1P(=O)(OC)C(O)C[N+](C)(C)C. The van der Waals surface area contributed by atoms with Crippen LogP contribution >= 0.6 is 7.37 Å². The third-order valence-electron chi connectivity index (χ3n) is 6.86. The van der Waals surface area contributed by atoms with E-state index < -0.39 is 19.0 Å². The van der Waals surface area contributed by atoms with Crippen molar-refractivity contribution >= 4 is 13.3 Å². The number of likely N-dealkylation sites (tertiary alicyclic amines) is 1. The monoisotopic (exact) mass is 489 g/mol. The Labute approximate surface area is 204 Å². The lowest BCUT2D eigenvalue weighted by atomic mass is 10.0. The Morgan fingerprint density at radius 1 is 0.970 bits per heavy atom. The first-order chi connectivity index (χ1) is 15.7. The summed E-state index contributed by atoms with van der Waals surface area (Å²) in [6.45, 7) is 3.22. The van der Waals surface area contributed by atoms with Gasteiger partial charge in [0.15, 0.2) is 5.85 Å². The first kappa shape index (κ1) is 30.6. The van der Waals surface area contributed by atoms with E-state index >= 15 is 0 Å². The van der Waals surface area contributed by atoms with Crippen molar-refractivity contribution in [1.82, 2.24) is 4.90 Å². The molecule has 6 nitrogen and oxygen atoms in total. The van der Waals surface area contributed by atoms with Crippen molar-refractivity contribution in [3.05, 3.63) is 0 Å². The number of amides is 1. The molecule has 0 aromatic rings. The van der Waals surface area contributed by atoms with E-state index in [4.69, 9.17) is 4.52 Å². The Morgan fingerprint density at radius 3 is 1.91 bits per heavy atom. The Bertz CT molecular complexity index is 579. The zero-order valence-corrected chi connectivity index (χ0v) is 23.3. The average Bonchev–Trinajstić information content (AvgIpc) is 3.25. The van der Waals surface area contributed by atoms with Gasteiger partial charge < -0.3 is 19.0 Å². The minimum absolute atomic E-state index is 0.0651. The molecule has 7 heteroatoms. The number of quaternary nitrogens is 1. The summed E-state index contributed by atoms with van der Waals surface area (Å²) in [5.74, 6) is -1.48. The fourth-order valence-electron chi connectivity index (χ4n) is 4.90. The molecule has 196 valence electrons. The minimum Gasteiger partial charge on any atom is -0.378 e. The Kier molecular flexibility index (Phi) is 15.1. The van der Waals surface area contributed by atoms with Gasteiger partial charge in [0.25, 0.3) is 7.37 Å². The summed E-state index contributed by atoms with van der Waals surface area (Å²) in [5, 5.41) is 10.7. The fourth-order valence-corrected chi connectivity index (χ4v) is 7.67. The van der Waals surface area contributed by atoms with Crippen LogP contribution in [0.1, 0.15) is 110 Å². The highest BCUT2D eigenvalue weighted by Gasteiger charge is 2.48. The van der Waals surface area contributed by atoms with E-state index in [0.717, 1.165) is 19.3 Å². The van der Waals surface area contributed by atoms with Crippen LogP contribution in [-0.2, 0) is 13.9 Å². The van der Waals surface area contributed by atoms with Crippen molar-refractivity contribution < 1.29 is 23.5 Å². The van der Waals surface area contributed by atoms with Gasteiger partial charge in [-0.1, -0.05) is 84.0 Å². The molecule has 33 heavy (non-hydrogen) atoms. The molecule has 0 spiro atoms. The van der Waals surface area contributed by atoms with Gasteiger partial charge in [0, 0.05) is 20.1 Å². The fraction of sp³-hybridized carbons (Fsp3) is 0.962. The summed E-state index contributed by atoms with van der Waals surface area (Å²) in [5.41, 5.74) is 0. The Hall–Kier alpha value is -0.420. The molecule has 1 heterocycles. The maximum Gasteiger partial charge on any atom is 0.257 e. The van der Waals surface area contributed by atoms with Crippen molar-refractivity contribution in [1.29, 1.82) is 0 Å². The van der Waals surface area contributed by atoms with Crippen LogP contribution in [0.4, 0.5) is 0 Å². The molecule has 1 aliphatic heterocycles.